The van der Waals surface area contributed by atoms with Crippen LogP contribution >= 0.6 is 0 Å². The van der Waals surface area contributed by atoms with Gasteiger partial charge in [-0.05, 0) is 43.4 Å². The molecule has 1 aliphatic carbocycles. The van der Waals surface area contributed by atoms with Crippen molar-refractivity contribution < 1.29 is 19.0 Å². The molecule has 110 valence electrons. The van der Waals surface area contributed by atoms with E-state index in [-0.39, 0.29) is 24.9 Å². The second-order valence-corrected chi connectivity index (χ2v) is 5.10. The number of amides is 1. The van der Waals surface area contributed by atoms with Crippen molar-refractivity contribution in [2.75, 3.05) is 19.8 Å². The van der Waals surface area contributed by atoms with E-state index in [1.807, 2.05) is 0 Å². The molecule has 1 aliphatic rings. The van der Waals surface area contributed by atoms with Crippen LogP contribution in [0.3, 0.4) is 0 Å². The summed E-state index contributed by atoms with van der Waals surface area (Å²) in [6.07, 6.45) is 2.88. The van der Waals surface area contributed by atoms with Gasteiger partial charge in [-0.2, -0.15) is 0 Å². The fourth-order valence-corrected chi connectivity index (χ4v) is 1.83. The number of aliphatic hydroxyl groups excluding tert-OH is 1. The SMILES string of the molecule is O=C(NCCCO)c1ccc(F)c(COCC2CC2)c1. The Morgan fingerprint density at radius 3 is 2.95 bits per heavy atom. The Hall–Kier alpha value is -1.46. The Morgan fingerprint density at radius 1 is 1.45 bits per heavy atom. The largest absolute Gasteiger partial charge is 0.396 e. The summed E-state index contributed by atoms with van der Waals surface area (Å²) >= 11 is 0. The van der Waals surface area contributed by atoms with Gasteiger partial charge in [0.1, 0.15) is 5.82 Å². The highest BCUT2D eigenvalue weighted by Gasteiger charge is 2.21. The minimum atomic E-state index is -0.354. The number of nitrogens with one attached hydrogen (secondary N) is 1. The number of halogens is 1. The maximum absolute atomic E-state index is 13.6. The minimum Gasteiger partial charge on any atom is -0.396 e. The second-order valence-electron chi connectivity index (χ2n) is 5.10. The van der Waals surface area contributed by atoms with Crippen LogP contribution in [0.5, 0.6) is 0 Å². The van der Waals surface area contributed by atoms with E-state index in [2.05, 4.69) is 5.32 Å². The van der Waals surface area contributed by atoms with Gasteiger partial charge in [-0.25, -0.2) is 4.39 Å². The molecule has 20 heavy (non-hydrogen) atoms. The lowest BCUT2D eigenvalue weighted by Gasteiger charge is -2.08. The van der Waals surface area contributed by atoms with Crippen molar-refractivity contribution in [1.29, 1.82) is 0 Å². The predicted molar refractivity (Wildman–Crippen MR) is 72.8 cm³/mol. The van der Waals surface area contributed by atoms with Crippen LogP contribution in [-0.4, -0.2) is 30.8 Å². The second kappa shape index (κ2) is 7.36. The molecule has 0 bridgehead atoms. The van der Waals surface area contributed by atoms with Gasteiger partial charge in [0.05, 0.1) is 6.61 Å². The number of carbonyl (C=O) groups excluding carboxylic acids is 1. The number of aliphatic hydroxyl groups is 1. The minimum absolute atomic E-state index is 0.0317. The zero-order valence-electron chi connectivity index (χ0n) is 11.4. The topological polar surface area (TPSA) is 58.6 Å². The first-order valence-electron chi connectivity index (χ1n) is 6.96. The first-order valence-corrected chi connectivity index (χ1v) is 6.96. The van der Waals surface area contributed by atoms with Crippen LogP contribution in [0.15, 0.2) is 18.2 Å². The molecule has 0 atom stereocenters. The summed E-state index contributed by atoms with van der Waals surface area (Å²) in [7, 11) is 0. The first kappa shape index (κ1) is 14.9. The van der Waals surface area contributed by atoms with Gasteiger partial charge in [-0.3, -0.25) is 4.79 Å². The molecule has 2 rings (SSSR count). The molecule has 1 fully saturated rings. The molecule has 0 spiro atoms. The highest BCUT2D eigenvalue weighted by Crippen LogP contribution is 2.29. The van der Waals surface area contributed by atoms with Crippen LogP contribution in [-0.2, 0) is 11.3 Å². The molecular formula is C15H20FNO3. The number of rotatable bonds is 8. The quantitative estimate of drug-likeness (QED) is 0.715. The first-order chi connectivity index (χ1) is 9.70. The number of benzene rings is 1. The third kappa shape index (κ3) is 4.58. The smallest absolute Gasteiger partial charge is 0.251 e. The van der Waals surface area contributed by atoms with Crippen LogP contribution < -0.4 is 5.32 Å². The molecule has 0 aromatic heterocycles. The van der Waals surface area contributed by atoms with E-state index < -0.39 is 0 Å². The fourth-order valence-electron chi connectivity index (χ4n) is 1.83. The molecule has 0 saturated heterocycles. The van der Waals surface area contributed by atoms with Gasteiger partial charge in [-0.1, -0.05) is 0 Å². The average molecular weight is 281 g/mol. The zero-order chi connectivity index (χ0) is 14.4. The van der Waals surface area contributed by atoms with E-state index in [1.54, 1.807) is 0 Å². The van der Waals surface area contributed by atoms with Crippen molar-refractivity contribution in [2.24, 2.45) is 5.92 Å². The van der Waals surface area contributed by atoms with Gasteiger partial charge < -0.3 is 15.2 Å². The number of hydrogen-bond acceptors (Lipinski definition) is 3. The van der Waals surface area contributed by atoms with Crippen molar-refractivity contribution >= 4 is 5.91 Å². The Labute approximate surface area is 117 Å². The number of ether oxygens (including phenoxy) is 1. The fraction of sp³-hybridized carbons (Fsp3) is 0.533. The lowest BCUT2D eigenvalue weighted by Crippen LogP contribution is -2.25. The molecule has 5 heteroatoms. The predicted octanol–water partition coefficient (Wildman–Crippen LogP) is 1.86. The van der Waals surface area contributed by atoms with Gasteiger partial charge in [0, 0.05) is 30.9 Å². The molecule has 1 aromatic carbocycles. The van der Waals surface area contributed by atoms with E-state index in [9.17, 15) is 9.18 Å². The van der Waals surface area contributed by atoms with Crippen LogP contribution in [0, 0.1) is 11.7 Å². The summed E-state index contributed by atoms with van der Waals surface area (Å²) in [6.45, 7) is 1.29. The number of carbonyl (C=O) groups is 1. The van der Waals surface area contributed by atoms with Crippen molar-refractivity contribution in [1.82, 2.24) is 5.32 Å². The zero-order valence-corrected chi connectivity index (χ0v) is 11.4. The summed E-state index contributed by atoms with van der Waals surface area (Å²) in [5.41, 5.74) is 0.815. The van der Waals surface area contributed by atoms with Crippen molar-refractivity contribution in [3.8, 4) is 0 Å². The van der Waals surface area contributed by atoms with Gasteiger partial charge in [0.2, 0.25) is 0 Å². The Morgan fingerprint density at radius 2 is 2.25 bits per heavy atom. The van der Waals surface area contributed by atoms with Crippen LogP contribution in [0.2, 0.25) is 0 Å². The van der Waals surface area contributed by atoms with Crippen molar-refractivity contribution in [3.63, 3.8) is 0 Å². The Balaban J connectivity index is 1.90. The van der Waals surface area contributed by atoms with Gasteiger partial charge in [-0.15, -0.1) is 0 Å². The summed E-state index contributed by atoms with van der Waals surface area (Å²) < 4.78 is 19.1. The highest BCUT2D eigenvalue weighted by molar-refractivity contribution is 5.94. The van der Waals surface area contributed by atoms with Crippen LogP contribution in [0.4, 0.5) is 4.39 Å². The molecule has 1 amide bonds. The van der Waals surface area contributed by atoms with E-state index in [1.165, 1.54) is 31.0 Å². The van der Waals surface area contributed by atoms with E-state index >= 15 is 0 Å². The summed E-state index contributed by atoms with van der Waals surface area (Å²) in [6, 6.07) is 4.27. The third-order valence-electron chi connectivity index (χ3n) is 3.24. The monoisotopic (exact) mass is 281 g/mol. The molecule has 0 radical (unpaired) electrons. The molecule has 0 unspecified atom stereocenters. The standard InChI is InChI=1S/C15H20FNO3/c16-14-5-4-12(15(19)17-6-1-7-18)8-13(14)10-20-9-11-2-3-11/h4-5,8,11,18H,1-3,6-7,9-10H2,(H,17,19). The van der Waals surface area contributed by atoms with E-state index in [0.29, 0.717) is 36.6 Å². The van der Waals surface area contributed by atoms with Crippen molar-refractivity contribution in [2.45, 2.75) is 25.9 Å². The Bertz CT molecular complexity index is 460. The third-order valence-corrected chi connectivity index (χ3v) is 3.24. The van der Waals surface area contributed by atoms with Gasteiger partial charge in [0.25, 0.3) is 5.91 Å². The Kier molecular flexibility index (Phi) is 5.49. The maximum Gasteiger partial charge on any atom is 0.251 e. The summed E-state index contributed by atoms with van der Waals surface area (Å²) in [5, 5.41) is 11.3. The molecule has 2 N–H and O–H groups in total. The van der Waals surface area contributed by atoms with E-state index in [4.69, 9.17) is 9.84 Å². The van der Waals surface area contributed by atoms with Gasteiger partial charge in [0.15, 0.2) is 0 Å². The summed E-state index contributed by atoms with van der Waals surface area (Å²) in [4.78, 5) is 11.8. The number of hydrogen-bond donors (Lipinski definition) is 2. The summed E-state index contributed by atoms with van der Waals surface area (Å²) in [5.74, 6) is 0.0117. The lowest BCUT2D eigenvalue weighted by molar-refractivity contribution is 0.0949. The molecule has 1 saturated carbocycles. The van der Waals surface area contributed by atoms with Crippen LogP contribution in [0.1, 0.15) is 35.2 Å². The van der Waals surface area contributed by atoms with Crippen LogP contribution in [0.25, 0.3) is 0 Å². The van der Waals surface area contributed by atoms with Crippen molar-refractivity contribution in [3.05, 3.63) is 35.1 Å². The average Bonchev–Trinajstić information content (AvgIpc) is 3.25. The lowest BCUT2D eigenvalue weighted by atomic mass is 10.1. The van der Waals surface area contributed by atoms with E-state index in [0.717, 1.165) is 0 Å². The molecule has 1 aromatic rings. The normalized spacial score (nSPS) is 14.3. The molecule has 4 nitrogen and oxygen atoms in total. The van der Waals surface area contributed by atoms with Gasteiger partial charge >= 0.3 is 0 Å². The molecule has 0 aliphatic heterocycles. The maximum atomic E-state index is 13.6. The molecular weight excluding hydrogens is 261 g/mol. The highest BCUT2D eigenvalue weighted by atomic mass is 19.1. The molecule has 0 heterocycles.